The number of ether oxygens (including phenoxy) is 1. The average Bonchev–Trinajstić information content (AvgIpc) is 3.60. The minimum atomic E-state index is -0.654. The third-order valence-corrected chi connectivity index (χ3v) is 6.98. The lowest BCUT2D eigenvalue weighted by molar-refractivity contribution is -0.614. The Balaban J connectivity index is 1.45. The van der Waals surface area contributed by atoms with Gasteiger partial charge in [0.05, 0.1) is 29.2 Å². The molecule has 2 N–H and O–H groups in total. The van der Waals surface area contributed by atoms with Crippen LogP contribution >= 0.6 is 11.6 Å². The van der Waals surface area contributed by atoms with Crippen molar-refractivity contribution in [2.75, 3.05) is 5.32 Å². The number of aromatic nitrogens is 3. The molecule has 1 unspecified atom stereocenters. The molecule has 2 heterocycles. The summed E-state index contributed by atoms with van der Waals surface area (Å²) in [5, 5.41) is 25.8. The first-order chi connectivity index (χ1) is 19.1. The van der Waals surface area contributed by atoms with Crippen LogP contribution in [0.2, 0.25) is 5.02 Å². The van der Waals surface area contributed by atoms with Crippen molar-refractivity contribution in [1.82, 2.24) is 9.97 Å². The molecule has 9 heteroatoms. The van der Waals surface area contributed by atoms with Crippen molar-refractivity contribution in [3.63, 3.8) is 0 Å². The number of halogens is 1. The van der Waals surface area contributed by atoms with Crippen LogP contribution in [-0.4, -0.2) is 21.7 Å². The van der Waals surface area contributed by atoms with Crippen LogP contribution in [0.1, 0.15) is 63.0 Å². The third-order valence-electron chi connectivity index (χ3n) is 6.75. The van der Waals surface area contributed by atoms with Crippen LogP contribution in [-0.2, 0) is 4.74 Å². The topological polar surface area (TPSA) is 118 Å². The number of carbonyl (C=O) groups excluding carboxylic acids is 1. The molecule has 1 aliphatic rings. The summed E-state index contributed by atoms with van der Waals surface area (Å²) in [6, 6.07) is 18.2. The van der Waals surface area contributed by atoms with Crippen molar-refractivity contribution in [1.29, 1.82) is 5.26 Å². The molecule has 1 amide bonds. The largest absolute Gasteiger partial charge is 0.618 e. The minimum absolute atomic E-state index is 0.218. The van der Waals surface area contributed by atoms with Crippen LogP contribution in [0.5, 0.6) is 0 Å². The van der Waals surface area contributed by atoms with E-state index >= 15 is 0 Å². The lowest BCUT2D eigenvalue weighted by Gasteiger charge is -2.20. The molecule has 1 aliphatic carbocycles. The Morgan fingerprint density at radius 2 is 1.93 bits per heavy atom. The van der Waals surface area contributed by atoms with Gasteiger partial charge in [0.25, 0.3) is 0 Å². The van der Waals surface area contributed by atoms with Crippen molar-refractivity contribution < 1.29 is 14.3 Å². The second-order valence-electron chi connectivity index (χ2n) is 11.1. The fourth-order valence-electron chi connectivity index (χ4n) is 4.64. The molecule has 1 fully saturated rings. The van der Waals surface area contributed by atoms with Crippen LogP contribution in [0, 0.1) is 22.5 Å². The summed E-state index contributed by atoms with van der Waals surface area (Å²) in [7, 11) is 0. The van der Waals surface area contributed by atoms with Gasteiger partial charge in [-0.3, -0.25) is 5.32 Å². The maximum absolute atomic E-state index is 13.5. The maximum Gasteiger partial charge on any atom is 0.412 e. The highest BCUT2D eigenvalue weighted by Crippen LogP contribution is 2.41. The molecule has 204 valence electrons. The zero-order valence-electron chi connectivity index (χ0n) is 22.6. The van der Waals surface area contributed by atoms with Gasteiger partial charge >= 0.3 is 6.09 Å². The number of carbonyl (C=O) groups is 1. The number of amides is 1. The number of imidazole rings is 1. The van der Waals surface area contributed by atoms with E-state index in [1.54, 1.807) is 57.3 Å². The molecule has 0 radical (unpaired) electrons. The molecule has 40 heavy (non-hydrogen) atoms. The number of benzene rings is 2. The van der Waals surface area contributed by atoms with E-state index in [0.717, 1.165) is 41.1 Å². The number of nitrogens with one attached hydrogen (secondary N) is 2. The molecule has 1 saturated carbocycles. The number of hydrogen-bond donors (Lipinski definition) is 2. The van der Waals surface area contributed by atoms with E-state index in [0.29, 0.717) is 39.0 Å². The zero-order chi connectivity index (χ0) is 28.4. The van der Waals surface area contributed by atoms with Crippen LogP contribution in [0.25, 0.3) is 22.4 Å². The Morgan fingerprint density at radius 3 is 2.58 bits per heavy atom. The second kappa shape index (κ2) is 11.0. The van der Waals surface area contributed by atoms with Gasteiger partial charge in [-0.1, -0.05) is 36.6 Å². The number of pyridine rings is 1. The monoisotopic (exact) mass is 555 g/mol. The van der Waals surface area contributed by atoms with Crippen LogP contribution in [0.15, 0.2) is 67.0 Å². The Hall–Kier alpha value is -4.35. The van der Waals surface area contributed by atoms with Gasteiger partial charge in [0, 0.05) is 22.2 Å². The molecule has 5 rings (SSSR count). The van der Waals surface area contributed by atoms with Gasteiger partial charge in [0.1, 0.15) is 17.3 Å². The van der Waals surface area contributed by atoms with Gasteiger partial charge in [-0.2, -0.15) is 9.99 Å². The van der Waals surface area contributed by atoms with E-state index < -0.39 is 11.7 Å². The molecular formula is C31H30ClN5O3. The van der Waals surface area contributed by atoms with Gasteiger partial charge in [0.2, 0.25) is 5.69 Å². The smallest absolute Gasteiger partial charge is 0.412 e. The molecule has 2 aromatic heterocycles. The van der Waals surface area contributed by atoms with Gasteiger partial charge in [0.15, 0.2) is 6.20 Å². The molecule has 0 aliphatic heterocycles. The van der Waals surface area contributed by atoms with Gasteiger partial charge in [-0.05, 0) is 75.1 Å². The molecule has 1 atom stereocenters. The predicted octanol–water partition coefficient (Wildman–Crippen LogP) is 7.18. The number of rotatable bonds is 7. The average molecular weight is 556 g/mol. The lowest BCUT2D eigenvalue weighted by Crippen LogP contribution is -2.34. The van der Waals surface area contributed by atoms with Gasteiger partial charge < -0.3 is 14.9 Å². The van der Waals surface area contributed by atoms with E-state index in [4.69, 9.17) is 21.6 Å². The first-order valence-corrected chi connectivity index (χ1v) is 13.6. The molecule has 4 aromatic rings. The number of anilines is 1. The highest BCUT2D eigenvalue weighted by molar-refractivity contribution is 6.31. The number of H-pyrrole nitrogens is 1. The first-order valence-electron chi connectivity index (χ1n) is 13.2. The summed E-state index contributed by atoms with van der Waals surface area (Å²) in [5.74, 6) is 1.05. The quantitative estimate of drug-likeness (QED) is 0.185. The fraction of sp³-hybridized carbons (Fsp3) is 0.290. The summed E-state index contributed by atoms with van der Waals surface area (Å²) in [5.41, 5.74) is 3.96. The summed E-state index contributed by atoms with van der Waals surface area (Å²) in [4.78, 5) is 20.5. The second-order valence-corrected chi connectivity index (χ2v) is 11.5. The highest BCUT2D eigenvalue weighted by Gasteiger charge is 2.33. The Morgan fingerprint density at radius 1 is 1.20 bits per heavy atom. The molecule has 2 aromatic carbocycles. The van der Waals surface area contributed by atoms with Gasteiger partial charge in [-0.15, -0.1) is 0 Å². The number of aromatic amines is 1. The standard InChI is InChI=1S/C31H30ClN5O3/c1-31(2,3)40-30(38)36-26-12-11-23(32)15-24(26)22-10-13-28(37(39)18-22)25(14-19-4-5-19)29-34-17-27(35-29)21-8-6-20(16-33)7-9-21/h6-13,15,17-19,25H,4-5,14H2,1-3H3,(H,34,35)(H,36,38). The van der Waals surface area contributed by atoms with Crippen molar-refractivity contribution in [3.8, 4) is 28.5 Å². The SMILES string of the molecule is CC(C)(C)OC(=O)Nc1ccc(Cl)cc1-c1ccc(C(CC2CC2)c2ncc(-c3ccc(C#N)cc3)[nH]2)[n+]([O-])c1. The summed E-state index contributed by atoms with van der Waals surface area (Å²) < 4.78 is 6.28. The van der Waals surface area contributed by atoms with Crippen molar-refractivity contribution in [2.24, 2.45) is 5.92 Å². The van der Waals surface area contributed by atoms with E-state index in [1.165, 1.54) is 6.20 Å². The number of hydrogen-bond acceptors (Lipinski definition) is 5. The van der Waals surface area contributed by atoms with E-state index in [1.807, 2.05) is 24.3 Å². The highest BCUT2D eigenvalue weighted by atomic mass is 35.5. The first kappa shape index (κ1) is 27.2. The fourth-order valence-corrected chi connectivity index (χ4v) is 4.82. The minimum Gasteiger partial charge on any atom is -0.618 e. The predicted molar refractivity (Wildman–Crippen MR) is 154 cm³/mol. The van der Waals surface area contributed by atoms with E-state index in [2.05, 4.69) is 21.4 Å². The molecule has 0 bridgehead atoms. The number of nitrogens with zero attached hydrogens (tertiary/aromatic N) is 3. The summed E-state index contributed by atoms with van der Waals surface area (Å²) in [6.07, 6.45) is 5.76. The molecular weight excluding hydrogens is 526 g/mol. The molecule has 8 nitrogen and oxygen atoms in total. The molecule has 0 saturated heterocycles. The Bertz CT molecular complexity index is 1580. The lowest BCUT2D eigenvalue weighted by atomic mass is 9.95. The zero-order valence-corrected chi connectivity index (χ0v) is 23.3. The van der Waals surface area contributed by atoms with Crippen LogP contribution in [0.4, 0.5) is 10.5 Å². The van der Waals surface area contributed by atoms with Gasteiger partial charge in [-0.25, -0.2) is 9.78 Å². The van der Waals surface area contributed by atoms with E-state index in [-0.39, 0.29) is 5.92 Å². The normalized spacial score (nSPS) is 13.9. The van der Waals surface area contributed by atoms with Crippen molar-refractivity contribution in [2.45, 2.75) is 51.6 Å². The molecule has 0 spiro atoms. The van der Waals surface area contributed by atoms with Crippen molar-refractivity contribution >= 4 is 23.4 Å². The summed E-state index contributed by atoms with van der Waals surface area (Å²) in [6.45, 7) is 5.37. The van der Waals surface area contributed by atoms with Crippen LogP contribution < -0.4 is 10.0 Å². The Labute approximate surface area is 238 Å². The van der Waals surface area contributed by atoms with E-state index in [9.17, 15) is 10.0 Å². The van der Waals surface area contributed by atoms with Crippen LogP contribution in [0.3, 0.4) is 0 Å². The number of nitriles is 1. The maximum atomic E-state index is 13.5. The van der Waals surface area contributed by atoms with Crippen molar-refractivity contribution in [3.05, 3.63) is 94.3 Å². The summed E-state index contributed by atoms with van der Waals surface area (Å²) >= 11 is 6.29. The third kappa shape index (κ3) is 6.44. The Kier molecular flexibility index (Phi) is 7.51.